The first-order valence-electron chi connectivity index (χ1n) is 5.92. The van der Waals surface area contributed by atoms with Gasteiger partial charge in [0, 0.05) is 18.7 Å². The summed E-state index contributed by atoms with van der Waals surface area (Å²) in [7, 11) is -3.69. The van der Waals surface area contributed by atoms with Crippen LogP contribution < -0.4 is 10.0 Å². The Balaban J connectivity index is 2.78. The highest BCUT2D eigenvalue weighted by molar-refractivity contribution is 7.93. The third kappa shape index (κ3) is 5.12. The van der Waals surface area contributed by atoms with E-state index < -0.39 is 26.9 Å². The molecule has 7 heteroatoms. The quantitative estimate of drug-likeness (QED) is 0.844. The summed E-state index contributed by atoms with van der Waals surface area (Å²) in [5.74, 6) is -1.66. The standard InChI is InChI=1S/C12H18F2N2O2S/c1-8(2)15-7-9(3)19(17,18)16-12-5-10(13)4-11(14)6-12/h4-6,8-9,15-16H,7H2,1-3H3. The lowest BCUT2D eigenvalue weighted by Crippen LogP contribution is -2.37. The molecule has 0 fully saturated rings. The molecule has 0 aliphatic rings. The molecule has 0 heterocycles. The molecule has 1 rings (SSSR count). The minimum atomic E-state index is -3.69. The Labute approximate surface area is 112 Å². The highest BCUT2D eigenvalue weighted by Crippen LogP contribution is 2.15. The number of anilines is 1. The minimum Gasteiger partial charge on any atom is -0.313 e. The van der Waals surface area contributed by atoms with Gasteiger partial charge >= 0.3 is 0 Å². The minimum absolute atomic E-state index is 0.117. The SMILES string of the molecule is CC(C)NCC(C)S(=O)(=O)Nc1cc(F)cc(F)c1. The highest BCUT2D eigenvalue weighted by atomic mass is 32.2. The second kappa shape index (κ2) is 6.29. The first-order valence-corrected chi connectivity index (χ1v) is 7.46. The maximum absolute atomic E-state index is 13.0. The van der Waals surface area contributed by atoms with Crippen molar-refractivity contribution in [1.82, 2.24) is 5.32 Å². The van der Waals surface area contributed by atoms with E-state index in [4.69, 9.17) is 0 Å². The molecule has 0 spiro atoms. The van der Waals surface area contributed by atoms with Crippen molar-refractivity contribution < 1.29 is 17.2 Å². The summed E-state index contributed by atoms with van der Waals surface area (Å²) >= 11 is 0. The van der Waals surface area contributed by atoms with Crippen molar-refractivity contribution in [2.45, 2.75) is 32.1 Å². The predicted octanol–water partition coefficient (Wildman–Crippen LogP) is 2.09. The summed E-state index contributed by atoms with van der Waals surface area (Å²) in [4.78, 5) is 0. The third-order valence-electron chi connectivity index (χ3n) is 2.47. The average molecular weight is 292 g/mol. The Morgan fingerprint density at radius 3 is 2.11 bits per heavy atom. The lowest BCUT2D eigenvalue weighted by Gasteiger charge is -2.17. The van der Waals surface area contributed by atoms with Gasteiger partial charge in [-0.1, -0.05) is 13.8 Å². The predicted molar refractivity (Wildman–Crippen MR) is 71.5 cm³/mol. The van der Waals surface area contributed by atoms with Crippen LogP contribution in [0, 0.1) is 11.6 Å². The summed E-state index contributed by atoms with van der Waals surface area (Å²) in [5.41, 5.74) is -0.117. The van der Waals surface area contributed by atoms with Crippen molar-refractivity contribution in [3.63, 3.8) is 0 Å². The maximum Gasteiger partial charge on any atom is 0.236 e. The zero-order valence-electron chi connectivity index (χ0n) is 11.1. The van der Waals surface area contributed by atoms with Crippen molar-refractivity contribution in [2.24, 2.45) is 0 Å². The molecule has 4 nitrogen and oxygen atoms in total. The van der Waals surface area contributed by atoms with Crippen molar-refractivity contribution >= 4 is 15.7 Å². The van der Waals surface area contributed by atoms with Crippen molar-refractivity contribution in [3.8, 4) is 0 Å². The van der Waals surface area contributed by atoms with E-state index in [0.717, 1.165) is 12.1 Å². The summed E-state index contributed by atoms with van der Waals surface area (Å²) in [6.45, 7) is 5.57. The molecule has 0 saturated carbocycles. The Morgan fingerprint density at radius 1 is 1.11 bits per heavy atom. The van der Waals surface area contributed by atoms with Gasteiger partial charge in [0.15, 0.2) is 0 Å². The fraction of sp³-hybridized carbons (Fsp3) is 0.500. The molecule has 1 aromatic rings. The van der Waals surface area contributed by atoms with Gasteiger partial charge in [0.25, 0.3) is 0 Å². The molecule has 19 heavy (non-hydrogen) atoms. The second-order valence-corrected chi connectivity index (χ2v) is 6.78. The fourth-order valence-electron chi connectivity index (χ4n) is 1.39. The molecule has 1 atom stereocenters. The van der Waals surface area contributed by atoms with Crippen LogP contribution >= 0.6 is 0 Å². The van der Waals surface area contributed by atoms with Gasteiger partial charge in [-0.3, -0.25) is 4.72 Å². The first kappa shape index (κ1) is 15.8. The molecule has 0 radical (unpaired) electrons. The van der Waals surface area contributed by atoms with E-state index in [-0.39, 0.29) is 18.3 Å². The van der Waals surface area contributed by atoms with Crippen LogP contribution in [0.15, 0.2) is 18.2 Å². The number of rotatable bonds is 6. The van der Waals surface area contributed by atoms with Gasteiger partial charge in [0.2, 0.25) is 10.0 Å². The molecule has 1 unspecified atom stereocenters. The van der Waals surface area contributed by atoms with E-state index in [1.165, 1.54) is 6.92 Å². The molecular formula is C12H18F2N2O2S. The third-order valence-corrected chi connectivity index (χ3v) is 4.21. The smallest absolute Gasteiger partial charge is 0.236 e. The van der Waals surface area contributed by atoms with Gasteiger partial charge in [0.05, 0.1) is 10.9 Å². The Bertz CT molecular complexity index is 512. The van der Waals surface area contributed by atoms with Gasteiger partial charge in [-0.05, 0) is 19.1 Å². The van der Waals surface area contributed by atoms with Crippen LogP contribution in [-0.2, 0) is 10.0 Å². The van der Waals surface area contributed by atoms with E-state index in [1.807, 2.05) is 13.8 Å². The number of hydrogen-bond acceptors (Lipinski definition) is 3. The number of benzene rings is 1. The topological polar surface area (TPSA) is 58.2 Å². The van der Waals surface area contributed by atoms with E-state index >= 15 is 0 Å². The van der Waals surface area contributed by atoms with Gasteiger partial charge in [0.1, 0.15) is 11.6 Å². The second-order valence-electron chi connectivity index (χ2n) is 4.68. The number of sulfonamides is 1. The molecule has 0 bridgehead atoms. The van der Waals surface area contributed by atoms with Crippen molar-refractivity contribution in [1.29, 1.82) is 0 Å². The Hall–Kier alpha value is -1.21. The molecule has 1 aromatic carbocycles. The lowest BCUT2D eigenvalue weighted by molar-refractivity contribution is 0.553. The number of nitrogens with one attached hydrogen (secondary N) is 2. The monoisotopic (exact) mass is 292 g/mol. The summed E-state index contributed by atoms with van der Waals surface area (Å²) in [6, 6.07) is 2.71. The summed E-state index contributed by atoms with van der Waals surface area (Å²) in [6.07, 6.45) is 0. The van der Waals surface area contributed by atoms with Crippen LogP contribution in [0.2, 0.25) is 0 Å². The zero-order chi connectivity index (χ0) is 14.6. The van der Waals surface area contributed by atoms with Crippen LogP contribution in [0.3, 0.4) is 0 Å². The van der Waals surface area contributed by atoms with Crippen LogP contribution in [0.25, 0.3) is 0 Å². The first-order chi connectivity index (χ1) is 8.70. The molecule has 0 aliphatic heterocycles. The Morgan fingerprint density at radius 2 is 1.63 bits per heavy atom. The molecule has 0 saturated heterocycles. The number of hydrogen-bond donors (Lipinski definition) is 2. The molecule has 0 aliphatic carbocycles. The normalized spacial score (nSPS) is 13.6. The molecule has 0 aromatic heterocycles. The number of halogens is 2. The van der Waals surface area contributed by atoms with E-state index in [0.29, 0.717) is 6.07 Å². The molecule has 0 amide bonds. The van der Waals surface area contributed by atoms with Crippen molar-refractivity contribution in [3.05, 3.63) is 29.8 Å². The average Bonchev–Trinajstić information content (AvgIpc) is 2.23. The van der Waals surface area contributed by atoms with Crippen LogP contribution in [0.4, 0.5) is 14.5 Å². The summed E-state index contributed by atoms with van der Waals surface area (Å²) < 4.78 is 52.0. The van der Waals surface area contributed by atoms with Crippen molar-refractivity contribution in [2.75, 3.05) is 11.3 Å². The van der Waals surface area contributed by atoms with E-state index in [9.17, 15) is 17.2 Å². The van der Waals surface area contributed by atoms with Gasteiger partial charge in [-0.25, -0.2) is 17.2 Å². The van der Waals surface area contributed by atoms with Crippen LogP contribution in [0.1, 0.15) is 20.8 Å². The van der Waals surface area contributed by atoms with E-state index in [2.05, 4.69) is 10.0 Å². The van der Waals surface area contributed by atoms with E-state index in [1.54, 1.807) is 0 Å². The zero-order valence-corrected chi connectivity index (χ0v) is 11.9. The lowest BCUT2D eigenvalue weighted by atomic mass is 10.3. The molecule has 108 valence electrons. The Kier molecular flexibility index (Phi) is 5.25. The molecule has 2 N–H and O–H groups in total. The van der Waals surface area contributed by atoms with Gasteiger partial charge in [-0.15, -0.1) is 0 Å². The van der Waals surface area contributed by atoms with Gasteiger partial charge in [-0.2, -0.15) is 0 Å². The van der Waals surface area contributed by atoms with Gasteiger partial charge < -0.3 is 5.32 Å². The van der Waals surface area contributed by atoms with Crippen LogP contribution in [0.5, 0.6) is 0 Å². The molecular weight excluding hydrogens is 274 g/mol. The highest BCUT2D eigenvalue weighted by Gasteiger charge is 2.21. The summed E-state index contributed by atoms with van der Waals surface area (Å²) in [5, 5.41) is 2.27. The fourth-order valence-corrected chi connectivity index (χ4v) is 2.35. The maximum atomic E-state index is 13.0. The van der Waals surface area contributed by atoms with Crippen LogP contribution in [-0.4, -0.2) is 26.3 Å². The largest absolute Gasteiger partial charge is 0.313 e.